The maximum Gasteiger partial charge on any atom is 0.408 e. The summed E-state index contributed by atoms with van der Waals surface area (Å²) in [6.07, 6.45) is -4.74. The van der Waals surface area contributed by atoms with Gasteiger partial charge in [-0.15, -0.1) is 0 Å². The van der Waals surface area contributed by atoms with Crippen LogP contribution in [0.5, 0.6) is 0 Å². The summed E-state index contributed by atoms with van der Waals surface area (Å²) in [5.41, 5.74) is 0.0196. The Morgan fingerprint density at radius 3 is 1.15 bits per heavy atom. The summed E-state index contributed by atoms with van der Waals surface area (Å²) in [7, 11) is 0. The number of aliphatic hydroxyl groups excluding tert-OH is 2. The lowest BCUT2D eigenvalue weighted by Gasteiger charge is -2.30. The Balaban J connectivity index is 2.26. The first kappa shape index (κ1) is 45.7. The van der Waals surface area contributed by atoms with E-state index in [0.29, 0.717) is 0 Å². The Labute approximate surface area is 320 Å². The molecular weight excluding hydrogens is 692 g/mol. The van der Waals surface area contributed by atoms with Gasteiger partial charge in [0.25, 0.3) is 0 Å². The van der Waals surface area contributed by atoms with Gasteiger partial charge >= 0.3 is 12.2 Å². The number of hydrogen-bond donors (Lipinski definition) is 6. The molecule has 0 heterocycles. The Morgan fingerprint density at radius 1 is 0.556 bits per heavy atom. The van der Waals surface area contributed by atoms with Gasteiger partial charge in [-0.2, -0.15) is 0 Å². The normalized spacial score (nSPS) is 15.2. The van der Waals surface area contributed by atoms with E-state index < -0.39 is 90.2 Å². The molecule has 0 aliphatic rings. The number of carbonyl (C=O) groups is 5. The molecule has 2 aromatic carbocycles. The number of carbonyl (C=O) groups excluding carboxylic acids is 5. The highest BCUT2D eigenvalue weighted by atomic mass is 16.6. The highest BCUT2D eigenvalue weighted by molar-refractivity contribution is 5.87. The second-order valence-corrected chi connectivity index (χ2v) is 16.4. The summed E-state index contributed by atoms with van der Waals surface area (Å²) in [6.45, 7) is 17.3. The topological polar surface area (TPSA) is 192 Å². The van der Waals surface area contributed by atoms with Gasteiger partial charge in [-0.1, -0.05) is 88.4 Å². The largest absolute Gasteiger partial charge is 0.444 e. The molecule has 54 heavy (non-hydrogen) atoms. The predicted octanol–water partition coefficient (Wildman–Crippen LogP) is 4.61. The van der Waals surface area contributed by atoms with Gasteiger partial charge in [0.1, 0.15) is 29.1 Å². The second kappa shape index (κ2) is 20.8. The van der Waals surface area contributed by atoms with Crippen molar-refractivity contribution < 1.29 is 43.7 Å². The third-order valence-corrected chi connectivity index (χ3v) is 8.30. The van der Waals surface area contributed by atoms with E-state index in [0.717, 1.165) is 11.1 Å². The molecule has 2 rings (SSSR count). The first-order chi connectivity index (χ1) is 25.0. The molecule has 0 aliphatic carbocycles. The van der Waals surface area contributed by atoms with E-state index in [2.05, 4.69) is 21.3 Å². The van der Waals surface area contributed by atoms with Crippen molar-refractivity contribution in [3.8, 4) is 0 Å². The van der Waals surface area contributed by atoms with Gasteiger partial charge in [-0.25, -0.2) is 9.59 Å². The highest BCUT2D eigenvalue weighted by Crippen LogP contribution is 2.17. The molecular formula is C41H62N4O9. The fourth-order valence-electron chi connectivity index (χ4n) is 5.62. The number of amides is 4. The van der Waals surface area contributed by atoms with Crippen molar-refractivity contribution in [1.82, 2.24) is 21.3 Å². The van der Waals surface area contributed by atoms with Gasteiger partial charge in [0.2, 0.25) is 11.8 Å². The number of hydrogen-bond acceptors (Lipinski definition) is 9. The van der Waals surface area contributed by atoms with Crippen molar-refractivity contribution in [2.45, 2.75) is 142 Å². The summed E-state index contributed by atoms with van der Waals surface area (Å²) >= 11 is 0. The number of ketones is 1. The van der Waals surface area contributed by atoms with Crippen molar-refractivity contribution in [2.75, 3.05) is 0 Å². The van der Waals surface area contributed by atoms with Crippen LogP contribution in [0.15, 0.2) is 60.7 Å². The molecule has 300 valence electrons. The number of aliphatic hydroxyl groups is 2. The highest BCUT2D eigenvalue weighted by Gasteiger charge is 2.34. The van der Waals surface area contributed by atoms with Crippen LogP contribution in [0.4, 0.5) is 9.59 Å². The minimum absolute atomic E-state index is 0.175. The first-order valence-electron chi connectivity index (χ1n) is 18.6. The first-order valence-corrected chi connectivity index (χ1v) is 18.6. The third-order valence-electron chi connectivity index (χ3n) is 8.30. The SMILES string of the molecule is CC(C)[C@H](NC(=O)OC(C)(C)C)C(=O)N[C@@H](Cc1ccccc1)[C@@H](O)CC(=O)C[C@H](O)[C@H](Cc1ccccc1)NC(=O)[C@H](NC(=O)OC(C)(C)C)C(C)C. The molecule has 0 fully saturated rings. The second-order valence-electron chi connectivity index (χ2n) is 16.4. The molecule has 0 unspecified atom stereocenters. The third kappa shape index (κ3) is 17.1. The molecule has 0 aliphatic heterocycles. The standard InChI is InChI=1S/C41H62N4O9/c1-25(2)34(44-38(51)53-40(5,6)7)36(49)42-30(21-27-17-13-11-14-18-27)32(47)23-29(46)24-33(48)31(22-28-19-15-12-16-20-28)43-37(50)35(26(3)4)45-39(52)54-41(8,9)10/h11-20,25-26,30-35,47-48H,21-24H2,1-10H3,(H,42,49)(H,43,50)(H,44,51)(H,45,52)/t30-,31-,32-,33-,34-,35+/m0/s1. The molecule has 0 aromatic heterocycles. The number of rotatable bonds is 18. The van der Waals surface area contributed by atoms with E-state index in [1.807, 2.05) is 60.7 Å². The maximum absolute atomic E-state index is 13.6. The zero-order valence-corrected chi connectivity index (χ0v) is 33.5. The molecule has 0 spiro atoms. The summed E-state index contributed by atoms with van der Waals surface area (Å²) < 4.78 is 10.7. The van der Waals surface area contributed by atoms with Gasteiger partial charge < -0.3 is 41.0 Å². The van der Waals surface area contributed by atoms with Gasteiger partial charge in [0.15, 0.2) is 0 Å². The van der Waals surface area contributed by atoms with Crippen LogP contribution in [0, 0.1) is 11.8 Å². The van der Waals surface area contributed by atoms with Crippen LogP contribution in [0.3, 0.4) is 0 Å². The molecule has 0 saturated carbocycles. The van der Waals surface area contributed by atoms with E-state index in [1.54, 1.807) is 69.2 Å². The molecule has 4 amide bonds. The van der Waals surface area contributed by atoms with E-state index in [9.17, 15) is 34.2 Å². The summed E-state index contributed by atoms with van der Waals surface area (Å²) in [5.74, 6) is -2.30. The lowest BCUT2D eigenvalue weighted by Crippen LogP contribution is -2.56. The minimum atomic E-state index is -1.37. The fourth-order valence-corrected chi connectivity index (χ4v) is 5.62. The minimum Gasteiger partial charge on any atom is -0.444 e. The van der Waals surface area contributed by atoms with Gasteiger partial charge in [-0.05, 0) is 77.3 Å². The van der Waals surface area contributed by atoms with Crippen LogP contribution in [0.2, 0.25) is 0 Å². The predicted molar refractivity (Wildman–Crippen MR) is 206 cm³/mol. The molecule has 6 atom stereocenters. The zero-order chi connectivity index (χ0) is 40.8. The van der Waals surface area contributed by atoms with Gasteiger partial charge in [-0.3, -0.25) is 14.4 Å². The van der Waals surface area contributed by atoms with E-state index in [4.69, 9.17) is 9.47 Å². The maximum atomic E-state index is 13.6. The van der Waals surface area contributed by atoms with Crippen molar-refractivity contribution in [1.29, 1.82) is 0 Å². The number of Topliss-reactive ketones (excluding diaryl/α,β-unsaturated/α-hetero) is 1. The smallest absolute Gasteiger partial charge is 0.408 e. The Morgan fingerprint density at radius 2 is 0.870 bits per heavy atom. The average molecular weight is 755 g/mol. The number of ether oxygens (including phenoxy) is 2. The molecule has 13 nitrogen and oxygen atoms in total. The number of alkyl carbamates (subject to hydrolysis) is 2. The van der Waals surface area contributed by atoms with Crippen molar-refractivity contribution >= 4 is 29.8 Å². The molecule has 0 radical (unpaired) electrons. The van der Waals surface area contributed by atoms with Crippen LogP contribution in [0.1, 0.15) is 93.2 Å². The fraction of sp³-hybridized carbons (Fsp3) is 0.585. The van der Waals surface area contributed by atoms with Crippen LogP contribution in [0.25, 0.3) is 0 Å². The summed E-state index contributed by atoms with van der Waals surface area (Å²) in [4.78, 5) is 65.7. The van der Waals surface area contributed by atoms with Crippen LogP contribution >= 0.6 is 0 Å². The molecule has 0 saturated heterocycles. The molecule has 6 N–H and O–H groups in total. The van der Waals surface area contributed by atoms with Gasteiger partial charge in [0, 0.05) is 12.8 Å². The average Bonchev–Trinajstić information content (AvgIpc) is 3.04. The van der Waals surface area contributed by atoms with Crippen molar-refractivity contribution in [3.05, 3.63) is 71.8 Å². The lowest BCUT2D eigenvalue weighted by atomic mass is 9.92. The van der Waals surface area contributed by atoms with Crippen molar-refractivity contribution in [3.63, 3.8) is 0 Å². The molecule has 0 bridgehead atoms. The van der Waals surface area contributed by atoms with Gasteiger partial charge in [0.05, 0.1) is 24.3 Å². The van der Waals surface area contributed by atoms with Crippen LogP contribution in [-0.2, 0) is 36.7 Å². The number of benzene rings is 2. The van der Waals surface area contributed by atoms with Crippen molar-refractivity contribution in [2.24, 2.45) is 11.8 Å². The Bertz CT molecular complexity index is 1390. The Kier molecular flexibility index (Phi) is 17.6. The number of nitrogens with one attached hydrogen (secondary N) is 4. The van der Waals surface area contributed by atoms with Crippen LogP contribution < -0.4 is 21.3 Å². The summed E-state index contributed by atoms with van der Waals surface area (Å²) in [5, 5.41) is 33.7. The van der Waals surface area contributed by atoms with E-state index in [1.165, 1.54) is 0 Å². The summed E-state index contributed by atoms with van der Waals surface area (Å²) in [6, 6.07) is 14.4. The lowest BCUT2D eigenvalue weighted by molar-refractivity contribution is -0.129. The monoisotopic (exact) mass is 754 g/mol. The van der Waals surface area contributed by atoms with E-state index in [-0.39, 0.29) is 24.7 Å². The molecule has 2 aromatic rings. The molecule has 13 heteroatoms. The van der Waals surface area contributed by atoms with E-state index >= 15 is 0 Å². The zero-order valence-electron chi connectivity index (χ0n) is 33.5. The van der Waals surface area contributed by atoms with Crippen LogP contribution in [-0.4, -0.2) is 87.6 Å². The Hall–Kier alpha value is -4.49. The quantitative estimate of drug-likeness (QED) is 0.126.